The van der Waals surface area contributed by atoms with Crippen molar-refractivity contribution in [2.24, 2.45) is 5.73 Å². The summed E-state index contributed by atoms with van der Waals surface area (Å²) in [6, 6.07) is 2.19. The lowest BCUT2D eigenvalue weighted by Crippen LogP contribution is -2.11. The molecule has 0 aliphatic rings. The third-order valence-corrected chi connectivity index (χ3v) is 3.98. The summed E-state index contributed by atoms with van der Waals surface area (Å²) in [5.74, 6) is 1.54. The van der Waals surface area contributed by atoms with Crippen molar-refractivity contribution in [2.75, 3.05) is 0 Å². The number of halogens is 1. The summed E-state index contributed by atoms with van der Waals surface area (Å²) < 4.78 is 2.06. The van der Waals surface area contributed by atoms with Crippen molar-refractivity contribution in [1.29, 1.82) is 0 Å². The molecule has 2 heterocycles. The number of aromatic nitrogens is 4. The van der Waals surface area contributed by atoms with E-state index in [4.69, 9.17) is 17.3 Å². The van der Waals surface area contributed by atoms with Crippen LogP contribution in [0.2, 0.25) is 5.02 Å². The van der Waals surface area contributed by atoms with Gasteiger partial charge in [-0.25, -0.2) is 0 Å². The molecule has 0 radical (unpaired) electrons. The molecule has 2 N–H and O–H groups in total. The quantitative estimate of drug-likeness (QED) is 0.859. The largest absolute Gasteiger partial charge is 0.324 e. The van der Waals surface area contributed by atoms with E-state index >= 15 is 0 Å². The summed E-state index contributed by atoms with van der Waals surface area (Å²) in [7, 11) is 0. The van der Waals surface area contributed by atoms with E-state index in [0.29, 0.717) is 11.6 Å². The van der Waals surface area contributed by atoms with Gasteiger partial charge in [-0.2, -0.15) is 0 Å². The van der Waals surface area contributed by atoms with Gasteiger partial charge in [-0.3, -0.25) is 4.98 Å². The van der Waals surface area contributed by atoms with Crippen molar-refractivity contribution in [3.8, 4) is 0 Å². The number of rotatable bonds is 5. The highest BCUT2D eigenvalue weighted by Crippen LogP contribution is 2.27. The van der Waals surface area contributed by atoms with E-state index in [9.17, 15) is 0 Å². The fraction of sp³-hybridized carbons (Fsp3) is 0.417. The molecule has 0 spiro atoms. The molecule has 5 nitrogen and oxygen atoms in total. The lowest BCUT2D eigenvalue weighted by atomic mass is 10.3. The molecular weight excluding hydrogens is 282 g/mol. The van der Waals surface area contributed by atoms with Crippen LogP contribution in [-0.4, -0.2) is 19.7 Å². The summed E-state index contributed by atoms with van der Waals surface area (Å²) in [6.45, 7) is 4.57. The first-order valence-electron chi connectivity index (χ1n) is 5.98. The molecule has 0 aliphatic carbocycles. The third kappa shape index (κ3) is 3.26. The molecule has 0 aromatic carbocycles. The van der Waals surface area contributed by atoms with Crippen molar-refractivity contribution in [3.63, 3.8) is 0 Å². The molecule has 0 saturated heterocycles. The Morgan fingerprint density at radius 1 is 1.42 bits per heavy atom. The van der Waals surface area contributed by atoms with E-state index in [-0.39, 0.29) is 6.04 Å². The van der Waals surface area contributed by atoms with Gasteiger partial charge < -0.3 is 10.3 Å². The first-order chi connectivity index (χ1) is 9.13. The highest BCUT2D eigenvalue weighted by atomic mass is 35.5. The Balaban J connectivity index is 2.16. The predicted molar refractivity (Wildman–Crippen MR) is 77.1 cm³/mol. The van der Waals surface area contributed by atoms with Crippen molar-refractivity contribution in [1.82, 2.24) is 19.7 Å². The zero-order chi connectivity index (χ0) is 13.8. The number of nitrogens with two attached hydrogens (primary N) is 1. The van der Waals surface area contributed by atoms with Gasteiger partial charge in [-0.1, -0.05) is 23.4 Å². The number of thioether (sulfide) groups is 1. The fourth-order valence-corrected chi connectivity index (χ4v) is 3.08. The highest BCUT2D eigenvalue weighted by Gasteiger charge is 2.14. The smallest absolute Gasteiger partial charge is 0.191 e. The maximum absolute atomic E-state index is 6.09. The maximum Gasteiger partial charge on any atom is 0.191 e. The average Bonchev–Trinajstić information content (AvgIpc) is 2.81. The van der Waals surface area contributed by atoms with Crippen molar-refractivity contribution >= 4 is 23.4 Å². The van der Waals surface area contributed by atoms with Gasteiger partial charge in [0.2, 0.25) is 0 Å². The number of pyridine rings is 1. The molecule has 2 rings (SSSR count). The molecular formula is C12H16ClN5S. The second kappa shape index (κ2) is 6.36. The van der Waals surface area contributed by atoms with Gasteiger partial charge in [0.1, 0.15) is 5.82 Å². The maximum atomic E-state index is 6.09. The van der Waals surface area contributed by atoms with Gasteiger partial charge in [0.05, 0.1) is 11.6 Å². The standard InChI is InChI=1S/C12H16ClN5S/c1-8(2)18-11(5-14)16-17-12(18)19-7-9-3-4-15-6-10(9)13/h3-4,6,8H,5,7,14H2,1-2H3. The number of nitrogens with zero attached hydrogens (tertiary/aromatic N) is 4. The minimum absolute atomic E-state index is 0.281. The van der Waals surface area contributed by atoms with Crippen LogP contribution in [0, 0.1) is 0 Å². The molecule has 19 heavy (non-hydrogen) atoms. The molecule has 2 aromatic rings. The van der Waals surface area contributed by atoms with Gasteiger partial charge in [0, 0.05) is 24.2 Å². The Bertz CT molecular complexity index is 555. The predicted octanol–water partition coefficient (Wildman–Crippen LogP) is 2.66. The molecule has 0 fully saturated rings. The fourth-order valence-electron chi connectivity index (χ4n) is 1.73. The van der Waals surface area contributed by atoms with E-state index in [2.05, 4.69) is 33.6 Å². The van der Waals surface area contributed by atoms with Gasteiger partial charge >= 0.3 is 0 Å². The number of hydrogen-bond donors (Lipinski definition) is 1. The summed E-state index contributed by atoms with van der Waals surface area (Å²) in [5, 5.41) is 9.84. The average molecular weight is 298 g/mol. The van der Waals surface area contributed by atoms with Crippen LogP contribution in [0.5, 0.6) is 0 Å². The Hall–Kier alpha value is -1.11. The van der Waals surface area contributed by atoms with Crippen molar-refractivity contribution in [2.45, 2.75) is 37.3 Å². The minimum Gasteiger partial charge on any atom is -0.324 e. The SMILES string of the molecule is CC(C)n1c(CN)nnc1SCc1ccncc1Cl. The van der Waals surface area contributed by atoms with Crippen LogP contribution in [-0.2, 0) is 12.3 Å². The lowest BCUT2D eigenvalue weighted by Gasteiger charge is -2.12. The number of hydrogen-bond acceptors (Lipinski definition) is 5. The van der Waals surface area contributed by atoms with Crippen LogP contribution >= 0.6 is 23.4 Å². The topological polar surface area (TPSA) is 69.6 Å². The minimum atomic E-state index is 0.281. The molecule has 0 bridgehead atoms. The summed E-state index contributed by atoms with van der Waals surface area (Å²) in [5.41, 5.74) is 6.71. The molecule has 0 aliphatic heterocycles. The van der Waals surface area contributed by atoms with Crippen LogP contribution < -0.4 is 5.73 Å². The van der Waals surface area contributed by atoms with E-state index in [0.717, 1.165) is 22.3 Å². The van der Waals surface area contributed by atoms with Crippen LogP contribution in [0.25, 0.3) is 0 Å². The van der Waals surface area contributed by atoms with Crippen molar-refractivity contribution < 1.29 is 0 Å². The Morgan fingerprint density at radius 3 is 2.84 bits per heavy atom. The van der Waals surface area contributed by atoms with E-state index in [1.165, 1.54) is 0 Å². The second-order valence-corrected chi connectivity index (χ2v) is 5.67. The normalized spacial score (nSPS) is 11.2. The molecule has 102 valence electrons. The van der Waals surface area contributed by atoms with Crippen molar-refractivity contribution in [3.05, 3.63) is 34.9 Å². The molecule has 7 heteroatoms. The second-order valence-electron chi connectivity index (χ2n) is 4.32. The van der Waals surface area contributed by atoms with Crippen LogP contribution in [0.1, 0.15) is 31.3 Å². The summed E-state index contributed by atoms with van der Waals surface area (Å²) in [4.78, 5) is 3.97. The Labute approximate surface area is 121 Å². The van der Waals surface area contributed by atoms with Crippen LogP contribution in [0.15, 0.2) is 23.6 Å². The molecule has 0 amide bonds. The third-order valence-electron chi connectivity index (χ3n) is 2.65. The Kier molecular flexibility index (Phi) is 4.79. The van der Waals surface area contributed by atoms with Crippen LogP contribution in [0.3, 0.4) is 0 Å². The lowest BCUT2D eigenvalue weighted by molar-refractivity contribution is 0.526. The first-order valence-corrected chi connectivity index (χ1v) is 7.35. The zero-order valence-corrected chi connectivity index (χ0v) is 12.4. The Morgan fingerprint density at radius 2 is 2.21 bits per heavy atom. The van der Waals surface area contributed by atoms with E-state index in [1.54, 1.807) is 24.2 Å². The van der Waals surface area contributed by atoms with Crippen LogP contribution in [0.4, 0.5) is 0 Å². The molecule has 0 atom stereocenters. The van der Waals surface area contributed by atoms with Gasteiger partial charge in [0.25, 0.3) is 0 Å². The summed E-state index contributed by atoms with van der Waals surface area (Å²) >= 11 is 7.69. The monoisotopic (exact) mass is 297 g/mol. The van der Waals surface area contributed by atoms with E-state index in [1.807, 2.05) is 6.07 Å². The zero-order valence-electron chi connectivity index (χ0n) is 10.9. The van der Waals surface area contributed by atoms with Gasteiger partial charge in [-0.05, 0) is 25.5 Å². The van der Waals surface area contributed by atoms with Gasteiger partial charge in [-0.15, -0.1) is 10.2 Å². The first kappa shape index (κ1) is 14.3. The van der Waals surface area contributed by atoms with E-state index < -0.39 is 0 Å². The highest BCUT2D eigenvalue weighted by molar-refractivity contribution is 7.98. The van der Waals surface area contributed by atoms with Gasteiger partial charge in [0.15, 0.2) is 5.16 Å². The molecule has 0 unspecified atom stereocenters. The molecule has 0 saturated carbocycles. The summed E-state index contributed by atoms with van der Waals surface area (Å²) in [6.07, 6.45) is 3.39. The molecule has 2 aromatic heterocycles.